The number of nitrogens with one attached hydrogen (secondary N) is 1. The lowest BCUT2D eigenvalue weighted by Crippen LogP contribution is -2.21. The number of anilines is 2. The minimum atomic E-state index is -0.0768. The molecule has 0 bridgehead atoms. The molecule has 1 atom stereocenters. The molecule has 0 saturated heterocycles. The van der Waals surface area contributed by atoms with Crippen LogP contribution < -0.4 is 11.1 Å². The monoisotopic (exact) mass is 267 g/mol. The SMILES string of the molecule is CSC(C)C(=O)Nc1nc2ccc(N)cc2s1. The van der Waals surface area contributed by atoms with Gasteiger partial charge in [-0.25, -0.2) is 4.98 Å². The molecule has 0 radical (unpaired) electrons. The van der Waals surface area contributed by atoms with Crippen molar-refractivity contribution in [2.45, 2.75) is 12.2 Å². The molecule has 0 saturated carbocycles. The number of nitrogen functional groups attached to an aromatic ring is 1. The summed E-state index contributed by atoms with van der Waals surface area (Å²) in [7, 11) is 0. The van der Waals surface area contributed by atoms with Gasteiger partial charge in [-0.15, -0.1) is 0 Å². The van der Waals surface area contributed by atoms with Crippen LogP contribution in [0.4, 0.5) is 10.8 Å². The Morgan fingerprint density at radius 1 is 1.59 bits per heavy atom. The topological polar surface area (TPSA) is 68.0 Å². The van der Waals surface area contributed by atoms with Crippen LogP contribution in [0.5, 0.6) is 0 Å². The van der Waals surface area contributed by atoms with Crippen molar-refractivity contribution < 1.29 is 4.79 Å². The first-order valence-electron chi connectivity index (χ1n) is 5.10. The van der Waals surface area contributed by atoms with Crippen molar-refractivity contribution in [1.29, 1.82) is 0 Å². The zero-order valence-electron chi connectivity index (χ0n) is 9.56. The molecule has 1 aromatic heterocycles. The summed E-state index contributed by atoms with van der Waals surface area (Å²) in [6.45, 7) is 1.87. The molecule has 1 amide bonds. The van der Waals surface area contributed by atoms with Crippen LogP contribution in [0.15, 0.2) is 18.2 Å². The molecule has 6 heteroatoms. The molecule has 0 aliphatic heterocycles. The minimum absolute atomic E-state index is 0.0236. The zero-order valence-corrected chi connectivity index (χ0v) is 11.2. The fourth-order valence-electron chi connectivity index (χ4n) is 1.31. The minimum Gasteiger partial charge on any atom is -0.399 e. The molecule has 1 unspecified atom stereocenters. The van der Waals surface area contributed by atoms with E-state index in [-0.39, 0.29) is 11.2 Å². The van der Waals surface area contributed by atoms with E-state index in [0.717, 1.165) is 10.2 Å². The summed E-state index contributed by atoms with van der Waals surface area (Å²) >= 11 is 2.94. The highest BCUT2D eigenvalue weighted by atomic mass is 32.2. The van der Waals surface area contributed by atoms with E-state index in [2.05, 4.69) is 10.3 Å². The number of carbonyl (C=O) groups is 1. The first-order valence-corrected chi connectivity index (χ1v) is 7.20. The number of nitrogens with two attached hydrogens (primary N) is 1. The smallest absolute Gasteiger partial charge is 0.238 e. The van der Waals surface area contributed by atoms with E-state index in [4.69, 9.17) is 5.73 Å². The number of fused-ring (bicyclic) bond motifs is 1. The van der Waals surface area contributed by atoms with Gasteiger partial charge in [-0.3, -0.25) is 4.79 Å². The van der Waals surface area contributed by atoms with Gasteiger partial charge in [0.25, 0.3) is 0 Å². The maximum Gasteiger partial charge on any atom is 0.238 e. The molecular formula is C11H13N3OS2. The van der Waals surface area contributed by atoms with Crippen molar-refractivity contribution in [3.05, 3.63) is 18.2 Å². The number of carbonyl (C=O) groups excluding carboxylic acids is 1. The van der Waals surface area contributed by atoms with Crippen LogP contribution in [0.25, 0.3) is 10.2 Å². The summed E-state index contributed by atoms with van der Waals surface area (Å²) in [5.41, 5.74) is 7.26. The van der Waals surface area contributed by atoms with Crippen LogP contribution in [-0.4, -0.2) is 22.4 Å². The summed E-state index contributed by atoms with van der Waals surface area (Å²) < 4.78 is 0.983. The van der Waals surface area contributed by atoms with Crippen molar-refractivity contribution >= 4 is 50.0 Å². The third-order valence-corrected chi connectivity index (χ3v) is 4.22. The number of benzene rings is 1. The van der Waals surface area contributed by atoms with Gasteiger partial charge in [-0.2, -0.15) is 11.8 Å². The van der Waals surface area contributed by atoms with E-state index in [1.54, 1.807) is 6.07 Å². The predicted molar refractivity (Wildman–Crippen MR) is 75.6 cm³/mol. The molecule has 1 aromatic carbocycles. The second-order valence-corrected chi connectivity index (χ2v) is 5.82. The Morgan fingerprint density at radius 3 is 3.06 bits per heavy atom. The zero-order chi connectivity index (χ0) is 12.4. The fraction of sp³-hybridized carbons (Fsp3) is 0.273. The molecule has 0 aliphatic rings. The van der Waals surface area contributed by atoms with Gasteiger partial charge in [0.1, 0.15) is 0 Å². The number of amides is 1. The summed E-state index contributed by atoms with van der Waals surface area (Å²) in [4.78, 5) is 16.0. The highest BCUT2D eigenvalue weighted by Gasteiger charge is 2.13. The van der Waals surface area contributed by atoms with Crippen molar-refractivity contribution in [2.24, 2.45) is 0 Å². The lowest BCUT2D eigenvalue weighted by molar-refractivity contribution is -0.115. The van der Waals surface area contributed by atoms with Crippen LogP contribution in [0.1, 0.15) is 6.92 Å². The molecule has 0 fully saturated rings. The second-order valence-electron chi connectivity index (χ2n) is 3.61. The Bertz CT molecular complexity index is 553. The number of thioether (sulfide) groups is 1. The van der Waals surface area contributed by atoms with Gasteiger partial charge in [0.05, 0.1) is 15.5 Å². The molecule has 2 aromatic rings. The van der Waals surface area contributed by atoms with E-state index in [1.807, 2.05) is 25.3 Å². The Balaban J connectivity index is 2.22. The van der Waals surface area contributed by atoms with Crippen molar-refractivity contribution in [2.75, 3.05) is 17.3 Å². The van der Waals surface area contributed by atoms with Crippen molar-refractivity contribution in [1.82, 2.24) is 4.98 Å². The van der Waals surface area contributed by atoms with Crippen LogP contribution >= 0.6 is 23.1 Å². The number of nitrogens with zero attached hydrogens (tertiary/aromatic N) is 1. The van der Waals surface area contributed by atoms with Gasteiger partial charge in [0.15, 0.2) is 5.13 Å². The molecule has 3 N–H and O–H groups in total. The average molecular weight is 267 g/mol. The average Bonchev–Trinajstić information content (AvgIpc) is 2.69. The molecule has 90 valence electrons. The number of rotatable bonds is 3. The second kappa shape index (κ2) is 4.93. The van der Waals surface area contributed by atoms with E-state index in [1.165, 1.54) is 23.1 Å². The Labute approximate surface area is 108 Å². The number of hydrogen-bond donors (Lipinski definition) is 2. The third-order valence-electron chi connectivity index (χ3n) is 2.37. The maximum absolute atomic E-state index is 11.7. The highest BCUT2D eigenvalue weighted by Crippen LogP contribution is 2.27. The Kier molecular flexibility index (Phi) is 3.54. The summed E-state index contributed by atoms with van der Waals surface area (Å²) in [6.07, 6.45) is 1.91. The summed E-state index contributed by atoms with van der Waals surface area (Å²) in [6, 6.07) is 5.52. The first kappa shape index (κ1) is 12.2. The lowest BCUT2D eigenvalue weighted by atomic mass is 10.3. The van der Waals surface area contributed by atoms with Crippen LogP contribution in [0.2, 0.25) is 0 Å². The molecule has 1 heterocycles. The van der Waals surface area contributed by atoms with Crippen LogP contribution in [0.3, 0.4) is 0 Å². The van der Waals surface area contributed by atoms with Crippen LogP contribution in [-0.2, 0) is 4.79 Å². The third kappa shape index (κ3) is 2.70. The van der Waals surface area contributed by atoms with Gasteiger partial charge >= 0.3 is 0 Å². The van der Waals surface area contributed by atoms with E-state index >= 15 is 0 Å². The number of aromatic nitrogens is 1. The van der Waals surface area contributed by atoms with Crippen molar-refractivity contribution in [3.63, 3.8) is 0 Å². The molecule has 0 spiro atoms. The van der Waals surface area contributed by atoms with Gasteiger partial charge in [0.2, 0.25) is 5.91 Å². The summed E-state index contributed by atoms with van der Waals surface area (Å²) in [5, 5.41) is 3.35. The number of thiazole rings is 1. The lowest BCUT2D eigenvalue weighted by Gasteiger charge is -2.06. The summed E-state index contributed by atoms with van der Waals surface area (Å²) in [5.74, 6) is -0.0236. The van der Waals surface area contributed by atoms with Crippen molar-refractivity contribution in [3.8, 4) is 0 Å². The molecule has 4 nitrogen and oxygen atoms in total. The number of hydrogen-bond acceptors (Lipinski definition) is 5. The molecule has 2 rings (SSSR count). The molecular weight excluding hydrogens is 254 g/mol. The highest BCUT2D eigenvalue weighted by molar-refractivity contribution is 7.99. The quantitative estimate of drug-likeness (QED) is 0.839. The van der Waals surface area contributed by atoms with Gasteiger partial charge in [0, 0.05) is 5.69 Å². The maximum atomic E-state index is 11.7. The normalized spacial score (nSPS) is 12.6. The Hall–Kier alpha value is -1.27. The van der Waals surface area contributed by atoms with Crippen LogP contribution in [0, 0.1) is 0 Å². The van der Waals surface area contributed by atoms with E-state index < -0.39 is 0 Å². The fourth-order valence-corrected chi connectivity index (χ4v) is 2.50. The first-order chi connectivity index (χ1) is 8.10. The van der Waals surface area contributed by atoms with E-state index in [9.17, 15) is 4.79 Å². The predicted octanol–water partition coefficient (Wildman–Crippen LogP) is 2.57. The molecule has 17 heavy (non-hydrogen) atoms. The standard InChI is InChI=1S/C11H13N3OS2/c1-6(16-2)10(15)14-11-13-8-4-3-7(12)5-9(8)17-11/h3-6H,12H2,1-2H3,(H,13,14,15). The Morgan fingerprint density at radius 2 is 2.35 bits per heavy atom. The van der Waals surface area contributed by atoms with E-state index in [0.29, 0.717) is 10.8 Å². The largest absolute Gasteiger partial charge is 0.399 e. The van der Waals surface area contributed by atoms with Gasteiger partial charge < -0.3 is 11.1 Å². The van der Waals surface area contributed by atoms with Gasteiger partial charge in [-0.1, -0.05) is 11.3 Å². The molecule has 0 aliphatic carbocycles. The van der Waals surface area contributed by atoms with Gasteiger partial charge in [-0.05, 0) is 31.4 Å².